The fourth-order valence-corrected chi connectivity index (χ4v) is 2.33. The molecule has 3 aromatic heterocycles. The largest absolute Gasteiger partial charge is 0.337 e. The Hall–Kier alpha value is -2.28. The molecule has 2 N–H and O–H groups in total. The van der Waals surface area contributed by atoms with Gasteiger partial charge in [-0.1, -0.05) is 18.2 Å². The normalized spacial score (nSPS) is 11.8. The lowest BCUT2D eigenvalue weighted by Crippen LogP contribution is -1.94. The van der Waals surface area contributed by atoms with Gasteiger partial charge in [0, 0.05) is 5.39 Å². The Morgan fingerprint density at radius 1 is 1.33 bits per heavy atom. The summed E-state index contributed by atoms with van der Waals surface area (Å²) in [5, 5.41) is 12.2. The Morgan fingerprint density at radius 3 is 3.11 bits per heavy atom. The van der Waals surface area contributed by atoms with Crippen LogP contribution in [-0.2, 0) is 0 Å². The first-order valence-electron chi connectivity index (χ1n) is 5.46. The highest BCUT2D eigenvalue weighted by atomic mass is 32.1. The summed E-state index contributed by atoms with van der Waals surface area (Å²) in [6.45, 7) is 2.05. The van der Waals surface area contributed by atoms with E-state index in [9.17, 15) is 0 Å². The maximum Gasteiger partial charge on any atom is 0.272 e. The Balaban J connectivity index is 2.32. The van der Waals surface area contributed by atoms with Crippen LogP contribution in [0.2, 0.25) is 0 Å². The molecular formula is C11H8N6S. The third kappa shape index (κ3) is 1.11. The third-order valence-corrected chi connectivity index (χ3v) is 3.31. The van der Waals surface area contributed by atoms with Crippen molar-refractivity contribution in [2.24, 2.45) is 0 Å². The van der Waals surface area contributed by atoms with Crippen LogP contribution >= 0.6 is 12.2 Å². The quantitative estimate of drug-likeness (QED) is 0.473. The fraction of sp³-hybridized carbons (Fsp3) is 0.0909. The van der Waals surface area contributed by atoms with Gasteiger partial charge in [-0.25, -0.2) is 5.10 Å². The lowest BCUT2D eigenvalue weighted by atomic mass is 10.1. The third-order valence-electron chi connectivity index (χ3n) is 3.04. The number of fused-ring (bicyclic) bond motifs is 4. The number of hydrogen-bond acceptors (Lipinski definition) is 4. The predicted octanol–water partition coefficient (Wildman–Crippen LogP) is 2.12. The zero-order valence-electron chi connectivity index (χ0n) is 9.43. The zero-order valence-corrected chi connectivity index (χ0v) is 10.2. The van der Waals surface area contributed by atoms with Crippen molar-refractivity contribution in [1.82, 2.24) is 29.8 Å². The number of benzene rings is 1. The van der Waals surface area contributed by atoms with Crippen LogP contribution in [-0.4, -0.2) is 29.8 Å². The van der Waals surface area contributed by atoms with E-state index < -0.39 is 0 Å². The van der Waals surface area contributed by atoms with E-state index in [1.54, 1.807) is 0 Å². The highest BCUT2D eigenvalue weighted by Gasteiger charge is 2.11. The molecule has 1 aromatic carbocycles. The van der Waals surface area contributed by atoms with Crippen LogP contribution < -0.4 is 0 Å². The summed E-state index contributed by atoms with van der Waals surface area (Å²) in [5.41, 5.74) is 3.74. The summed E-state index contributed by atoms with van der Waals surface area (Å²) in [7, 11) is 0. The van der Waals surface area contributed by atoms with Crippen molar-refractivity contribution < 1.29 is 0 Å². The molecule has 3 heterocycles. The SMILES string of the molecule is Cc1cccc2c1[nH]c1nc3n[nH]c(=S)n3nc12. The molecule has 0 saturated heterocycles. The van der Waals surface area contributed by atoms with E-state index in [1.807, 2.05) is 12.1 Å². The van der Waals surface area contributed by atoms with E-state index in [-0.39, 0.29) is 0 Å². The number of para-hydroxylation sites is 1. The van der Waals surface area contributed by atoms with Crippen molar-refractivity contribution >= 4 is 40.1 Å². The van der Waals surface area contributed by atoms with E-state index in [2.05, 4.69) is 38.3 Å². The second-order valence-corrected chi connectivity index (χ2v) is 4.56. The lowest BCUT2D eigenvalue weighted by Gasteiger charge is -1.93. The van der Waals surface area contributed by atoms with Crippen LogP contribution in [0.25, 0.3) is 27.8 Å². The molecule has 0 fully saturated rings. The van der Waals surface area contributed by atoms with E-state index in [4.69, 9.17) is 12.2 Å². The van der Waals surface area contributed by atoms with Gasteiger partial charge in [0.2, 0.25) is 4.77 Å². The standard InChI is InChI=1S/C11H8N6S/c1-5-3-2-4-6-7(5)12-9-8(6)16-17-10(13-9)14-15-11(17)18/h2-4H,1H3,(H,15,18)(H,12,13,14). The number of aromatic nitrogens is 6. The van der Waals surface area contributed by atoms with Crippen molar-refractivity contribution in [3.05, 3.63) is 28.5 Å². The van der Waals surface area contributed by atoms with Crippen molar-refractivity contribution in [1.29, 1.82) is 0 Å². The van der Waals surface area contributed by atoms with Gasteiger partial charge in [0.05, 0.1) is 5.52 Å². The molecule has 0 unspecified atom stereocenters. The molecule has 0 spiro atoms. The monoisotopic (exact) mass is 256 g/mol. The summed E-state index contributed by atoms with van der Waals surface area (Å²) in [5.74, 6) is 0.469. The molecule has 6 nitrogen and oxygen atoms in total. The molecule has 0 aliphatic carbocycles. The molecular weight excluding hydrogens is 248 g/mol. The van der Waals surface area contributed by atoms with Gasteiger partial charge >= 0.3 is 0 Å². The van der Waals surface area contributed by atoms with Crippen LogP contribution in [0, 0.1) is 11.7 Å². The first-order chi connectivity index (χ1) is 8.74. The summed E-state index contributed by atoms with van der Waals surface area (Å²) >= 11 is 5.10. The van der Waals surface area contributed by atoms with Gasteiger partial charge in [-0.2, -0.15) is 14.6 Å². The van der Waals surface area contributed by atoms with Gasteiger partial charge in [0.15, 0.2) is 5.65 Å². The first-order valence-corrected chi connectivity index (χ1v) is 5.87. The molecule has 0 aliphatic rings. The Labute approximate surface area is 106 Å². The van der Waals surface area contributed by atoms with Crippen molar-refractivity contribution in [3.8, 4) is 0 Å². The smallest absolute Gasteiger partial charge is 0.272 e. The minimum atomic E-state index is 0.446. The summed E-state index contributed by atoms with van der Waals surface area (Å²) in [4.78, 5) is 7.69. The van der Waals surface area contributed by atoms with E-state index >= 15 is 0 Å². The Morgan fingerprint density at radius 2 is 2.22 bits per heavy atom. The number of aryl methyl sites for hydroxylation is 1. The summed E-state index contributed by atoms with van der Waals surface area (Å²) < 4.78 is 1.98. The average molecular weight is 256 g/mol. The fourth-order valence-electron chi connectivity index (χ4n) is 2.16. The average Bonchev–Trinajstić information content (AvgIpc) is 2.90. The van der Waals surface area contributed by atoms with Gasteiger partial charge < -0.3 is 4.98 Å². The number of nitrogens with one attached hydrogen (secondary N) is 2. The second kappa shape index (κ2) is 3.14. The minimum absolute atomic E-state index is 0.446. The van der Waals surface area contributed by atoms with Crippen molar-refractivity contribution in [2.75, 3.05) is 0 Å². The van der Waals surface area contributed by atoms with Crippen LogP contribution in [0.5, 0.6) is 0 Å². The topological polar surface area (TPSA) is 74.7 Å². The summed E-state index contributed by atoms with van der Waals surface area (Å²) in [6, 6.07) is 6.08. The molecule has 7 heteroatoms. The Bertz CT molecular complexity index is 960. The van der Waals surface area contributed by atoms with Gasteiger partial charge in [-0.05, 0) is 24.7 Å². The molecule has 88 valence electrons. The van der Waals surface area contributed by atoms with Crippen LogP contribution in [0.15, 0.2) is 18.2 Å². The van der Waals surface area contributed by atoms with Crippen LogP contribution in [0.4, 0.5) is 0 Å². The van der Waals surface area contributed by atoms with E-state index in [0.717, 1.165) is 27.6 Å². The lowest BCUT2D eigenvalue weighted by molar-refractivity contribution is 0.921. The second-order valence-electron chi connectivity index (χ2n) is 4.17. The number of aromatic amines is 2. The van der Waals surface area contributed by atoms with Crippen molar-refractivity contribution in [3.63, 3.8) is 0 Å². The minimum Gasteiger partial charge on any atom is -0.337 e. The summed E-state index contributed by atoms with van der Waals surface area (Å²) in [6.07, 6.45) is 0. The molecule has 0 bridgehead atoms. The highest BCUT2D eigenvalue weighted by Crippen LogP contribution is 2.24. The highest BCUT2D eigenvalue weighted by molar-refractivity contribution is 7.71. The van der Waals surface area contributed by atoms with Crippen molar-refractivity contribution in [2.45, 2.75) is 6.92 Å². The molecule has 0 atom stereocenters. The molecule has 0 aliphatic heterocycles. The molecule has 4 aromatic rings. The maximum absolute atomic E-state index is 5.10. The van der Waals surface area contributed by atoms with Gasteiger partial charge in [-0.3, -0.25) is 0 Å². The molecule has 0 radical (unpaired) electrons. The first kappa shape index (κ1) is 9.72. The molecule has 18 heavy (non-hydrogen) atoms. The number of rotatable bonds is 0. The maximum atomic E-state index is 5.10. The number of H-pyrrole nitrogens is 2. The number of hydrogen-bond donors (Lipinski definition) is 2. The Kier molecular flexibility index (Phi) is 1.69. The molecule has 4 rings (SSSR count). The van der Waals surface area contributed by atoms with Gasteiger partial charge in [0.25, 0.3) is 5.78 Å². The number of nitrogens with zero attached hydrogens (tertiary/aromatic N) is 4. The van der Waals surface area contributed by atoms with Gasteiger partial charge in [0.1, 0.15) is 5.52 Å². The van der Waals surface area contributed by atoms with E-state index in [0.29, 0.717) is 10.5 Å². The molecule has 0 amide bonds. The van der Waals surface area contributed by atoms with Crippen LogP contribution in [0.1, 0.15) is 5.56 Å². The molecule has 0 saturated carbocycles. The van der Waals surface area contributed by atoms with Gasteiger partial charge in [-0.15, -0.1) is 5.10 Å². The predicted molar refractivity (Wildman–Crippen MR) is 70.1 cm³/mol. The van der Waals surface area contributed by atoms with Crippen LogP contribution in [0.3, 0.4) is 0 Å². The zero-order chi connectivity index (χ0) is 12.3. The van der Waals surface area contributed by atoms with E-state index in [1.165, 1.54) is 4.52 Å².